The van der Waals surface area contributed by atoms with E-state index in [1.807, 2.05) is 0 Å². The van der Waals surface area contributed by atoms with Gasteiger partial charge >= 0.3 is 0 Å². The first-order valence-electron chi connectivity index (χ1n) is 5.02. The zero-order valence-electron chi connectivity index (χ0n) is 7.79. The zero-order chi connectivity index (χ0) is 9.31. The van der Waals surface area contributed by atoms with Crippen LogP contribution in [0.2, 0.25) is 0 Å². The maximum absolute atomic E-state index is 4.22. The molecule has 0 radical (unpaired) electrons. The Morgan fingerprint density at radius 3 is 2.31 bits per heavy atom. The summed E-state index contributed by atoms with van der Waals surface area (Å²) in [6, 6.07) is 0. The van der Waals surface area contributed by atoms with E-state index < -0.39 is 0 Å². The maximum Gasteiger partial charge on any atom is 0.0370 e. The normalized spacial score (nSPS) is 40.2. The molecule has 2 aliphatic rings. The molecule has 76 valence electrons. The molecule has 0 spiro atoms. The molecule has 2 rings (SSSR count). The lowest BCUT2D eigenvalue weighted by Gasteiger charge is -2.24. The Morgan fingerprint density at radius 1 is 1.15 bits per heavy atom. The van der Waals surface area contributed by atoms with Crippen LogP contribution in [0, 0.1) is 11.8 Å². The van der Waals surface area contributed by atoms with Gasteiger partial charge in [-0.2, -0.15) is 25.3 Å². The molecule has 0 saturated heterocycles. The van der Waals surface area contributed by atoms with E-state index in [2.05, 4.69) is 35.9 Å². The van der Waals surface area contributed by atoms with E-state index in [-0.39, 0.29) is 0 Å². The van der Waals surface area contributed by atoms with Gasteiger partial charge in [-0.1, -0.05) is 0 Å². The molecule has 0 amide bonds. The highest BCUT2D eigenvalue weighted by atomic mass is 32.1. The average molecular weight is 218 g/mol. The molecule has 0 bridgehead atoms. The highest BCUT2D eigenvalue weighted by molar-refractivity contribution is 7.80. The maximum atomic E-state index is 4.22. The number of hydrogen-bond donors (Lipinski definition) is 4. The van der Waals surface area contributed by atoms with Gasteiger partial charge in [0.1, 0.15) is 0 Å². The summed E-state index contributed by atoms with van der Waals surface area (Å²) in [4.78, 5) is 0. The standard InChI is InChI=1S/C9H18N2S2/c12-3-1-10-6-9(11-2-4-13)7-5-8(7)9/h7-8,10-13H,1-6H2. The Bertz CT molecular complexity index is 178. The van der Waals surface area contributed by atoms with Crippen LogP contribution in [0.5, 0.6) is 0 Å². The largest absolute Gasteiger partial charge is 0.314 e. The molecular formula is C9H18N2S2. The van der Waals surface area contributed by atoms with Crippen LogP contribution in [-0.2, 0) is 0 Å². The van der Waals surface area contributed by atoms with Gasteiger partial charge in [0.05, 0.1) is 0 Å². The van der Waals surface area contributed by atoms with E-state index in [1.165, 1.54) is 6.42 Å². The lowest BCUT2D eigenvalue weighted by Crippen LogP contribution is -2.47. The molecule has 2 nitrogen and oxygen atoms in total. The predicted octanol–water partition coefficient (Wildman–Crippen LogP) is 0.414. The molecule has 0 aliphatic heterocycles. The summed E-state index contributed by atoms with van der Waals surface area (Å²) in [5.41, 5.74) is 0.464. The minimum absolute atomic E-state index is 0.464. The van der Waals surface area contributed by atoms with Crippen LogP contribution < -0.4 is 10.6 Å². The zero-order valence-corrected chi connectivity index (χ0v) is 9.58. The summed E-state index contributed by atoms with van der Waals surface area (Å²) >= 11 is 8.40. The first-order valence-corrected chi connectivity index (χ1v) is 6.29. The van der Waals surface area contributed by atoms with Gasteiger partial charge in [-0.05, 0) is 18.3 Å². The second-order valence-corrected chi connectivity index (χ2v) is 4.93. The highest BCUT2D eigenvalue weighted by Crippen LogP contribution is 2.70. The van der Waals surface area contributed by atoms with Crippen molar-refractivity contribution >= 4 is 25.3 Å². The second kappa shape index (κ2) is 4.01. The summed E-state index contributed by atoms with van der Waals surface area (Å²) < 4.78 is 0. The summed E-state index contributed by atoms with van der Waals surface area (Å²) in [7, 11) is 0. The highest BCUT2D eigenvalue weighted by Gasteiger charge is 2.75. The quantitative estimate of drug-likeness (QED) is 0.368. The Hall–Kier alpha value is 0.620. The second-order valence-electron chi connectivity index (χ2n) is 4.04. The lowest BCUT2D eigenvalue weighted by molar-refractivity contribution is 0.378. The van der Waals surface area contributed by atoms with Gasteiger partial charge in [0.25, 0.3) is 0 Å². The predicted molar refractivity (Wildman–Crippen MR) is 62.9 cm³/mol. The van der Waals surface area contributed by atoms with E-state index in [1.54, 1.807) is 0 Å². The first-order chi connectivity index (χ1) is 6.35. The molecule has 2 fully saturated rings. The molecule has 2 N–H and O–H groups in total. The molecule has 2 atom stereocenters. The lowest BCUT2D eigenvalue weighted by atomic mass is 10.1. The van der Waals surface area contributed by atoms with Crippen molar-refractivity contribution in [2.75, 3.05) is 31.1 Å². The minimum Gasteiger partial charge on any atom is -0.314 e. The monoisotopic (exact) mass is 218 g/mol. The smallest absolute Gasteiger partial charge is 0.0370 e. The van der Waals surface area contributed by atoms with Crippen LogP contribution in [0.4, 0.5) is 0 Å². The van der Waals surface area contributed by atoms with Crippen molar-refractivity contribution in [3.05, 3.63) is 0 Å². The fourth-order valence-electron chi connectivity index (χ4n) is 2.31. The molecular weight excluding hydrogens is 200 g/mol. The first kappa shape index (κ1) is 10.1. The van der Waals surface area contributed by atoms with E-state index in [9.17, 15) is 0 Å². The van der Waals surface area contributed by atoms with Crippen molar-refractivity contribution in [1.82, 2.24) is 10.6 Å². The molecule has 2 unspecified atom stereocenters. The Labute approximate surface area is 91.1 Å². The van der Waals surface area contributed by atoms with Gasteiger partial charge < -0.3 is 10.6 Å². The Morgan fingerprint density at radius 2 is 1.85 bits per heavy atom. The molecule has 2 saturated carbocycles. The van der Waals surface area contributed by atoms with Crippen molar-refractivity contribution < 1.29 is 0 Å². The van der Waals surface area contributed by atoms with E-state index in [4.69, 9.17) is 0 Å². The SMILES string of the molecule is SCCNCC1(NCCS)C2CC21. The van der Waals surface area contributed by atoms with E-state index >= 15 is 0 Å². The summed E-state index contributed by atoms with van der Waals surface area (Å²) in [6.45, 7) is 3.18. The molecule has 4 heteroatoms. The molecule has 13 heavy (non-hydrogen) atoms. The summed E-state index contributed by atoms with van der Waals surface area (Å²) in [5.74, 6) is 3.81. The molecule has 0 aromatic carbocycles. The topological polar surface area (TPSA) is 24.1 Å². The van der Waals surface area contributed by atoms with Crippen molar-refractivity contribution in [2.24, 2.45) is 11.8 Å². The third kappa shape index (κ3) is 1.87. The van der Waals surface area contributed by atoms with Crippen molar-refractivity contribution in [3.63, 3.8) is 0 Å². The number of nitrogens with one attached hydrogen (secondary N) is 2. The fraction of sp³-hybridized carbons (Fsp3) is 1.00. The number of thiol groups is 2. The van der Waals surface area contributed by atoms with Gasteiger partial charge in [-0.25, -0.2) is 0 Å². The van der Waals surface area contributed by atoms with Crippen LogP contribution >= 0.6 is 25.3 Å². The van der Waals surface area contributed by atoms with Gasteiger partial charge in [0.2, 0.25) is 0 Å². The van der Waals surface area contributed by atoms with Crippen LogP contribution in [-0.4, -0.2) is 36.7 Å². The molecule has 0 heterocycles. The average Bonchev–Trinajstić information content (AvgIpc) is 2.99. The van der Waals surface area contributed by atoms with E-state index in [0.29, 0.717) is 5.54 Å². The summed E-state index contributed by atoms with van der Waals surface area (Å²) in [6.07, 6.45) is 1.45. The van der Waals surface area contributed by atoms with E-state index in [0.717, 1.165) is 43.0 Å². The fourth-order valence-corrected chi connectivity index (χ4v) is 2.58. The Kier molecular flexibility index (Phi) is 3.13. The van der Waals surface area contributed by atoms with Gasteiger partial charge in [-0.3, -0.25) is 0 Å². The number of hydrogen-bond acceptors (Lipinski definition) is 4. The van der Waals surface area contributed by atoms with Crippen molar-refractivity contribution in [2.45, 2.75) is 12.0 Å². The van der Waals surface area contributed by atoms with Crippen LogP contribution in [0.25, 0.3) is 0 Å². The number of rotatable bonds is 7. The Balaban J connectivity index is 1.68. The molecule has 0 aromatic heterocycles. The summed E-state index contributed by atoms with van der Waals surface area (Å²) in [5, 5.41) is 7.06. The third-order valence-corrected chi connectivity index (χ3v) is 3.72. The van der Waals surface area contributed by atoms with Crippen LogP contribution in [0.1, 0.15) is 6.42 Å². The minimum atomic E-state index is 0.464. The van der Waals surface area contributed by atoms with Gasteiger partial charge in [0, 0.05) is 36.7 Å². The third-order valence-electron chi connectivity index (χ3n) is 3.28. The van der Waals surface area contributed by atoms with Gasteiger partial charge in [0.15, 0.2) is 0 Å². The molecule has 2 aliphatic carbocycles. The molecule has 0 aromatic rings. The van der Waals surface area contributed by atoms with Crippen LogP contribution in [0.3, 0.4) is 0 Å². The van der Waals surface area contributed by atoms with Crippen molar-refractivity contribution in [3.8, 4) is 0 Å². The van der Waals surface area contributed by atoms with Crippen LogP contribution in [0.15, 0.2) is 0 Å². The van der Waals surface area contributed by atoms with Gasteiger partial charge in [-0.15, -0.1) is 0 Å². The van der Waals surface area contributed by atoms with Crippen molar-refractivity contribution in [1.29, 1.82) is 0 Å². The number of fused-ring (bicyclic) bond motifs is 1.